The minimum atomic E-state index is -0.476. The van der Waals surface area contributed by atoms with E-state index in [1.54, 1.807) is 0 Å². The maximum atomic E-state index is 2.56. The Morgan fingerprint density at radius 3 is 1.67 bits per heavy atom. The van der Waals surface area contributed by atoms with Gasteiger partial charge >= 0.3 is 0 Å². The van der Waals surface area contributed by atoms with Crippen LogP contribution in [-0.2, 0) is 10.8 Å². The zero-order valence-electron chi connectivity index (χ0n) is 39.5. The van der Waals surface area contributed by atoms with Gasteiger partial charge in [0, 0.05) is 22.5 Å². The first-order chi connectivity index (χ1) is 34.0. The number of benzene rings is 10. The quantitative estimate of drug-likeness (QED) is 0.147. The van der Waals surface area contributed by atoms with Crippen LogP contribution in [0.2, 0.25) is 0 Å². The van der Waals surface area contributed by atoms with Gasteiger partial charge in [-0.25, -0.2) is 0 Å². The highest BCUT2D eigenvalue weighted by Gasteiger charge is 2.46. The number of rotatable bonds is 8. The van der Waals surface area contributed by atoms with E-state index in [-0.39, 0.29) is 5.41 Å². The average Bonchev–Trinajstić information content (AvgIpc) is 3.84. The summed E-state index contributed by atoms with van der Waals surface area (Å²) in [7, 11) is 0. The molecule has 3 aliphatic carbocycles. The molecule has 0 saturated heterocycles. The molecule has 1 nitrogen and oxygen atoms in total. The predicted octanol–water partition coefficient (Wildman–Crippen LogP) is 18.4. The van der Waals surface area contributed by atoms with Crippen molar-refractivity contribution in [2.24, 2.45) is 0 Å². The summed E-state index contributed by atoms with van der Waals surface area (Å²) >= 11 is 0. The molecule has 10 aromatic rings. The van der Waals surface area contributed by atoms with Crippen LogP contribution >= 0.6 is 0 Å². The Balaban J connectivity index is 0.991. The van der Waals surface area contributed by atoms with Gasteiger partial charge in [0.1, 0.15) is 0 Å². The molecule has 0 amide bonds. The fraction of sp³-hybridized carbons (Fsp3) is 0.147. The summed E-state index contributed by atoms with van der Waals surface area (Å²) in [6.07, 6.45) is 6.59. The molecule has 13 rings (SSSR count). The Morgan fingerprint density at radius 1 is 0.362 bits per heavy atom. The van der Waals surface area contributed by atoms with Crippen LogP contribution in [0.15, 0.2) is 231 Å². The second kappa shape index (κ2) is 16.5. The highest BCUT2D eigenvalue weighted by molar-refractivity contribution is 6.07. The molecule has 0 spiro atoms. The molecule has 1 atom stereocenters. The summed E-state index contributed by atoms with van der Waals surface area (Å²) in [5.74, 6) is 0.636. The molecule has 0 radical (unpaired) electrons. The van der Waals surface area contributed by atoms with E-state index < -0.39 is 5.41 Å². The monoisotopic (exact) mass is 885 g/mol. The Hall–Kier alpha value is -7.74. The Kier molecular flexibility index (Phi) is 9.91. The lowest BCUT2D eigenvalue weighted by molar-refractivity contribution is 0.443. The molecule has 0 aromatic heterocycles. The van der Waals surface area contributed by atoms with E-state index in [9.17, 15) is 0 Å². The third kappa shape index (κ3) is 6.58. The SMILES string of the molecule is CC1(C)c2ccccc2-c2ccc(N(c3ccc(C4(c5ccccc5)c5ccccc5-c5cc(C6CCCCC6)ccc54)cc3)c3cccc(-c4cccc5cccc(-c6ccccc6)c45)c3)cc21. The van der Waals surface area contributed by atoms with Crippen LogP contribution in [0, 0.1) is 0 Å². The van der Waals surface area contributed by atoms with Crippen LogP contribution in [-0.4, -0.2) is 0 Å². The van der Waals surface area contributed by atoms with Crippen molar-refractivity contribution in [3.63, 3.8) is 0 Å². The molecule has 0 heterocycles. The molecule has 1 unspecified atom stereocenters. The number of anilines is 3. The Labute approximate surface area is 407 Å². The van der Waals surface area contributed by atoms with Crippen LogP contribution in [0.4, 0.5) is 17.1 Å². The Morgan fingerprint density at radius 2 is 0.913 bits per heavy atom. The van der Waals surface area contributed by atoms with Crippen molar-refractivity contribution in [2.45, 2.75) is 62.7 Å². The lowest BCUT2D eigenvalue weighted by Crippen LogP contribution is -2.28. The molecular formula is C68H55N. The lowest BCUT2D eigenvalue weighted by Gasteiger charge is -2.35. The first-order valence-corrected chi connectivity index (χ1v) is 25.1. The molecule has 1 fully saturated rings. The highest BCUT2D eigenvalue weighted by atomic mass is 15.1. The number of fused-ring (bicyclic) bond motifs is 7. The fourth-order valence-corrected chi connectivity index (χ4v) is 12.9. The van der Waals surface area contributed by atoms with E-state index in [0.717, 1.165) is 17.1 Å². The molecule has 1 saturated carbocycles. The minimum absolute atomic E-state index is 0.141. The normalized spacial score (nSPS) is 16.7. The summed E-state index contributed by atoms with van der Waals surface area (Å²) in [4.78, 5) is 2.48. The van der Waals surface area contributed by atoms with Crippen LogP contribution in [0.3, 0.4) is 0 Å². The van der Waals surface area contributed by atoms with Crippen LogP contribution < -0.4 is 4.90 Å². The summed E-state index contributed by atoms with van der Waals surface area (Å²) in [5, 5.41) is 2.50. The molecule has 332 valence electrons. The number of hydrogen-bond acceptors (Lipinski definition) is 1. The van der Waals surface area contributed by atoms with Gasteiger partial charge in [0.25, 0.3) is 0 Å². The van der Waals surface area contributed by atoms with Crippen molar-refractivity contribution < 1.29 is 0 Å². The minimum Gasteiger partial charge on any atom is -0.310 e. The van der Waals surface area contributed by atoms with Gasteiger partial charge in [-0.1, -0.05) is 227 Å². The smallest absolute Gasteiger partial charge is 0.0713 e. The van der Waals surface area contributed by atoms with Crippen LogP contribution in [0.1, 0.15) is 90.8 Å². The van der Waals surface area contributed by atoms with Gasteiger partial charge in [-0.05, 0) is 149 Å². The van der Waals surface area contributed by atoms with E-state index in [1.165, 1.54) is 126 Å². The third-order valence-electron chi connectivity index (χ3n) is 16.1. The van der Waals surface area contributed by atoms with Gasteiger partial charge in [0.05, 0.1) is 5.41 Å². The topological polar surface area (TPSA) is 3.24 Å². The third-order valence-corrected chi connectivity index (χ3v) is 16.1. The van der Waals surface area contributed by atoms with Crippen LogP contribution in [0.5, 0.6) is 0 Å². The van der Waals surface area contributed by atoms with Gasteiger partial charge < -0.3 is 4.90 Å². The highest BCUT2D eigenvalue weighted by Crippen LogP contribution is 2.57. The maximum absolute atomic E-state index is 2.56. The number of hydrogen-bond donors (Lipinski definition) is 0. The van der Waals surface area contributed by atoms with Gasteiger partial charge in [0.15, 0.2) is 0 Å². The van der Waals surface area contributed by atoms with E-state index in [2.05, 4.69) is 249 Å². The first kappa shape index (κ1) is 41.4. The second-order valence-corrected chi connectivity index (χ2v) is 20.2. The zero-order chi connectivity index (χ0) is 46.1. The summed E-state index contributed by atoms with van der Waals surface area (Å²) in [6.45, 7) is 4.76. The van der Waals surface area contributed by atoms with Crippen molar-refractivity contribution in [2.75, 3.05) is 4.90 Å². The van der Waals surface area contributed by atoms with Gasteiger partial charge in [0.2, 0.25) is 0 Å². The lowest BCUT2D eigenvalue weighted by atomic mass is 9.67. The van der Waals surface area contributed by atoms with E-state index in [0.29, 0.717) is 5.92 Å². The van der Waals surface area contributed by atoms with E-state index >= 15 is 0 Å². The van der Waals surface area contributed by atoms with Crippen molar-refractivity contribution in [3.8, 4) is 44.5 Å². The summed E-state index contributed by atoms with van der Waals surface area (Å²) in [6, 6.07) is 87.1. The van der Waals surface area contributed by atoms with E-state index in [4.69, 9.17) is 0 Å². The summed E-state index contributed by atoms with van der Waals surface area (Å²) < 4.78 is 0. The van der Waals surface area contributed by atoms with Crippen molar-refractivity contribution in [1.82, 2.24) is 0 Å². The standard InChI is InChI=1S/C68H55N/c1-67(2)62-33-14-12-29-58(62)60-41-40-55(45-65(60)67)69(54-28-16-25-50(43-54)57-32-18-24-48-23-17-31-56(66(48)57)47-21-8-4-9-22-47)53-38-36-52(37-39-53)68(51-26-10-5-11-27-51)63-34-15-13-30-59(63)61-44-49(35-42-64(61)68)46-19-6-3-7-20-46/h4-5,8-18,21-46H,3,6-7,19-20H2,1-2H3. The molecule has 69 heavy (non-hydrogen) atoms. The van der Waals surface area contributed by atoms with Crippen LogP contribution in [0.25, 0.3) is 55.3 Å². The van der Waals surface area contributed by atoms with Gasteiger partial charge in [-0.3, -0.25) is 0 Å². The van der Waals surface area contributed by atoms with Crippen molar-refractivity contribution >= 4 is 27.8 Å². The maximum Gasteiger partial charge on any atom is 0.0713 e. The molecule has 0 bridgehead atoms. The Bertz CT molecular complexity index is 3550. The first-order valence-electron chi connectivity index (χ1n) is 25.1. The second-order valence-electron chi connectivity index (χ2n) is 20.2. The fourth-order valence-electron chi connectivity index (χ4n) is 12.9. The number of nitrogens with zero attached hydrogens (tertiary/aromatic N) is 1. The molecule has 3 aliphatic rings. The van der Waals surface area contributed by atoms with Crippen molar-refractivity contribution in [1.29, 1.82) is 0 Å². The molecule has 1 heteroatoms. The van der Waals surface area contributed by atoms with Crippen molar-refractivity contribution in [3.05, 3.63) is 269 Å². The average molecular weight is 886 g/mol. The molecule has 10 aromatic carbocycles. The van der Waals surface area contributed by atoms with Gasteiger partial charge in [-0.15, -0.1) is 0 Å². The van der Waals surface area contributed by atoms with Gasteiger partial charge in [-0.2, -0.15) is 0 Å². The molecular weight excluding hydrogens is 831 g/mol. The zero-order valence-corrected chi connectivity index (χ0v) is 39.5. The molecule has 0 N–H and O–H groups in total. The van der Waals surface area contributed by atoms with E-state index in [1.807, 2.05) is 0 Å². The molecule has 0 aliphatic heterocycles. The largest absolute Gasteiger partial charge is 0.310 e. The predicted molar refractivity (Wildman–Crippen MR) is 290 cm³/mol. The summed E-state index contributed by atoms with van der Waals surface area (Å²) in [5.41, 5.74) is 22.6.